The first-order valence-electron chi connectivity index (χ1n) is 10.7. The zero-order valence-electron chi connectivity index (χ0n) is 18.0. The van der Waals surface area contributed by atoms with Crippen molar-refractivity contribution in [3.8, 4) is 11.3 Å². The van der Waals surface area contributed by atoms with Crippen molar-refractivity contribution in [2.75, 3.05) is 25.0 Å². The van der Waals surface area contributed by atoms with Gasteiger partial charge < -0.3 is 20.1 Å². The number of fused-ring (bicyclic) bond motifs is 1. The number of aryl methyl sites for hydroxylation is 1. The van der Waals surface area contributed by atoms with E-state index in [0.717, 1.165) is 41.6 Å². The minimum Gasteiger partial charge on any atom is -0.340 e. The van der Waals surface area contributed by atoms with E-state index in [0.29, 0.717) is 26.2 Å². The normalized spacial score (nSPS) is 13.2. The Kier molecular flexibility index (Phi) is 6.32. The second-order valence-corrected chi connectivity index (χ2v) is 7.87. The number of hydrogen-bond donors (Lipinski definition) is 2. The first kappa shape index (κ1) is 21.1. The summed E-state index contributed by atoms with van der Waals surface area (Å²) in [6.07, 6.45) is 0.993. The fourth-order valence-corrected chi connectivity index (χ4v) is 3.74. The maximum absolute atomic E-state index is 13.5. The lowest BCUT2D eigenvalue weighted by atomic mass is 10.1. The molecule has 2 heterocycles. The molecule has 0 aliphatic carbocycles. The monoisotopic (exact) mass is 421 g/mol. The van der Waals surface area contributed by atoms with Crippen molar-refractivity contribution in [1.29, 1.82) is 0 Å². The van der Waals surface area contributed by atoms with E-state index < -0.39 is 0 Å². The molecule has 2 N–H and O–H groups in total. The molecule has 162 valence electrons. The fourth-order valence-electron chi connectivity index (χ4n) is 3.74. The van der Waals surface area contributed by atoms with Crippen molar-refractivity contribution >= 4 is 17.4 Å². The molecular formula is C24H28FN5O. The number of nitrogens with zero attached hydrogens (tertiary/aromatic N) is 3. The van der Waals surface area contributed by atoms with E-state index in [1.165, 1.54) is 17.7 Å². The van der Waals surface area contributed by atoms with Gasteiger partial charge in [0.15, 0.2) is 0 Å². The minimum absolute atomic E-state index is 0.0825. The Morgan fingerprint density at radius 1 is 1.10 bits per heavy atom. The van der Waals surface area contributed by atoms with Crippen molar-refractivity contribution in [3.05, 3.63) is 65.7 Å². The van der Waals surface area contributed by atoms with Crippen LogP contribution in [0.1, 0.15) is 24.7 Å². The van der Waals surface area contributed by atoms with Gasteiger partial charge in [-0.05, 0) is 56.3 Å². The summed E-state index contributed by atoms with van der Waals surface area (Å²) >= 11 is 0. The van der Waals surface area contributed by atoms with Crippen molar-refractivity contribution in [1.82, 2.24) is 19.8 Å². The van der Waals surface area contributed by atoms with Gasteiger partial charge in [-0.15, -0.1) is 0 Å². The van der Waals surface area contributed by atoms with Gasteiger partial charge in [-0.3, -0.25) is 4.79 Å². The molecule has 31 heavy (non-hydrogen) atoms. The van der Waals surface area contributed by atoms with Crippen LogP contribution in [0.15, 0.2) is 48.5 Å². The molecule has 6 nitrogen and oxygen atoms in total. The minimum atomic E-state index is -0.280. The summed E-state index contributed by atoms with van der Waals surface area (Å²) in [5.41, 5.74) is 3.73. The van der Waals surface area contributed by atoms with Crippen LogP contribution in [0.2, 0.25) is 0 Å². The van der Waals surface area contributed by atoms with Crippen LogP contribution in [0, 0.1) is 12.7 Å². The highest BCUT2D eigenvalue weighted by Crippen LogP contribution is 2.33. The van der Waals surface area contributed by atoms with Gasteiger partial charge in [-0.1, -0.05) is 24.6 Å². The predicted molar refractivity (Wildman–Crippen MR) is 121 cm³/mol. The summed E-state index contributed by atoms with van der Waals surface area (Å²) in [6.45, 7) is 7.03. The van der Waals surface area contributed by atoms with Crippen LogP contribution in [0.4, 0.5) is 15.9 Å². The molecule has 1 aromatic heterocycles. The van der Waals surface area contributed by atoms with Gasteiger partial charge in [0.2, 0.25) is 5.91 Å². The van der Waals surface area contributed by atoms with Crippen molar-refractivity contribution < 1.29 is 9.18 Å². The lowest BCUT2D eigenvalue weighted by Gasteiger charge is -2.28. The van der Waals surface area contributed by atoms with Gasteiger partial charge in [-0.25, -0.2) is 9.37 Å². The van der Waals surface area contributed by atoms with Crippen LogP contribution in [0.3, 0.4) is 0 Å². The van der Waals surface area contributed by atoms with Crippen LogP contribution < -0.4 is 10.6 Å². The smallest absolute Gasteiger partial charge is 0.236 e. The Bertz CT molecular complexity index is 1040. The zero-order valence-corrected chi connectivity index (χ0v) is 18.0. The molecule has 7 heteroatoms. The van der Waals surface area contributed by atoms with Gasteiger partial charge in [0.05, 0.1) is 13.1 Å². The maximum atomic E-state index is 13.5. The number of nitrogens with one attached hydrogen (secondary N) is 2. The van der Waals surface area contributed by atoms with Crippen molar-refractivity contribution in [2.45, 2.75) is 33.4 Å². The Hall–Kier alpha value is -3.19. The molecule has 1 amide bonds. The number of imidazole rings is 1. The van der Waals surface area contributed by atoms with Gasteiger partial charge in [0, 0.05) is 24.3 Å². The topological polar surface area (TPSA) is 62.2 Å². The van der Waals surface area contributed by atoms with Gasteiger partial charge in [-0.2, -0.15) is 0 Å². The third kappa shape index (κ3) is 4.77. The van der Waals surface area contributed by atoms with E-state index in [1.54, 1.807) is 12.1 Å². The molecule has 2 aromatic carbocycles. The molecule has 3 aromatic rings. The summed E-state index contributed by atoms with van der Waals surface area (Å²) in [5.74, 6) is 1.49. The summed E-state index contributed by atoms with van der Waals surface area (Å²) in [4.78, 5) is 19.3. The summed E-state index contributed by atoms with van der Waals surface area (Å²) < 4.78 is 15.6. The third-order valence-electron chi connectivity index (χ3n) is 5.46. The number of hydrogen-bond acceptors (Lipinski definition) is 4. The molecule has 0 fully saturated rings. The van der Waals surface area contributed by atoms with Gasteiger partial charge >= 0.3 is 0 Å². The van der Waals surface area contributed by atoms with E-state index in [1.807, 2.05) is 17.0 Å². The molecule has 1 aliphatic rings. The Labute approximate surface area is 182 Å². The third-order valence-corrected chi connectivity index (χ3v) is 5.46. The van der Waals surface area contributed by atoms with E-state index in [2.05, 4.69) is 41.2 Å². The van der Waals surface area contributed by atoms with Crippen LogP contribution in [-0.4, -0.2) is 40.0 Å². The molecule has 0 saturated carbocycles. The number of halogens is 1. The highest BCUT2D eigenvalue weighted by Gasteiger charge is 2.26. The Balaban J connectivity index is 1.64. The lowest BCUT2D eigenvalue weighted by Crippen LogP contribution is -2.43. The number of rotatable bonds is 7. The number of carbonyl (C=O) groups excluding carboxylic acids is 1. The number of anilines is 2. The first-order valence-corrected chi connectivity index (χ1v) is 10.7. The van der Waals surface area contributed by atoms with Gasteiger partial charge in [0.1, 0.15) is 23.2 Å². The lowest BCUT2D eigenvalue weighted by molar-refractivity contribution is -0.131. The summed E-state index contributed by atoms with van der Waals surface area (Å²) in [7, 11) is 0. The second kappa shape index (κ2) is 9.31. The SMILES string of the molecule is CCCNCC(=O)N1CCn2c(nc(-c3ccc(F)cc3)c2Nc2ccc(C)cc2)C1. The van der Waals surface area contributed by atoms with Crippen LogP contribution in [0.5, 0.6) is 0 Å². The number of amides is 1. The Morgan fingerprint density at radius 2 is 1.84 bits per heavy atom. The zero-order chi connectivity index (χ0) is 21.8. The first-order chi connectivity index (χ1) is 15.0. The molecule has 0 atom stereocenters. The quantitative estimate of drug-likeness (QED) is 0.564. The average molecular weight is 422 g/mol. The maximum Gasteiger partial charge on any atom is 0.236 e. The van der Waals surface area contributed by atoms with Gasteiger partial charge in [0.25, 0.3) is 0 Å². The largest absolute Gasteiger partial charge is 0.340 e. The van der Waals surface area contributed by atoms with E-state index >= 15 is 0 Å². The standard InChI is InChI=1S/C24H28FN5O/c1-3-12-26-15-22(31)29-13-14-30-21(16-29)28-23(18-6-8-19(25)9-7-18)24(30)27-20-10-4-17(2)5-11-20/h4-11,26-27H,3,12-16H2,1-2H3. The molecule has 0 saturated heterocycles. The van der Waals surface area contributed by atoms with Crippen molar-refractivity contribution in [3.63, 3.8) is 0 Å². The predicted octanol–water partition coefficient (Wildman–Crippen LogP) is 4.08. The second-order valence-electron chi connectivity index (χ2n) is 7.87. The number of benzene rings is 2. The molecule has 4 rings (SSSR count). The molecule has 1 aliphatic heterocycles. The molecular weight excluding hydrogens is 393 g/mol. The van der Waals surface area contributed by atoms with E-state index in [-0.39, 0.29) is 11.7 Å². The fraction of sp³-hybridized carbons (Fsp3) is 0.333. The Morgan fingerprint density at radius 3 is 2.55 bits per heavy atom. The number of aromatic nitrogens is 2. The van der Waals surface area contributed by atoms with E-state index in [9.17, 15) is 9.18 Å². The number of carbonyl (C=O) groups is 1. The highest BCUT2D eigenvalue weighted by molar-refractivity contribution is 5.79. The summed E-state index contributed by atoms with van der Waals surface area (Å²) in [5, 5.41) is 6.67. The molecule has 0 spiro atoms. The molecule has 0 bridgehead atoms. The van der Waals surface area contributed by atoms with Crippen LogP contribution in [-0.2, 0) is 17.9 Å². The summed E-state index contributed by atoms with van der Waals surface area (Å²) in [6, 6.07) is 14.5. The molecule has 0 unspecified atom stereocenters. The van der Waals surface area contributed by atoms with Crippen LogP contribution >= 0.6 is 0 Å². The van der Waals surface area contributed by atoms with Crippen molar-refractivity contribution in [2.24, 2.45) is 0 Å². The molecule has 0 radical (unpaired) electrons. The van der Waals surface area contributed by atoms with E-state index in [4.69, 9.17) is 4.98 Å². The van der Waals surface area contributed by atoms with Crippen LogP contribution in [0.25, 0.3) is 11.3 Å². The highest BCUT2D eigenvalue weighted by atomic mass is 19.1. The average Bonchev–Trinajstić information content (AvgIpc) is 3.13.